The van der Waals surface area contributed by atoms with Crippen molar-refractivity contribution in [1.82, 2.24) is 10.9 Å². The topological polar surface area (TPSA) is 67.4 Å². The third kappa shape index (κ3) is 5.93. The highest BCUT2D eigenvalue weighted by atomic mass is 79.9. The molecule has 0 aliphatic carbocycles. The SMILES string of the molecule is Cc1ccc(C(=O)NNC(=O)c2cc(Br)ccc2OCCc2ccccc2)cc1. The lowest BCUT2D eigenvalue weighted by atomic mass is 10.1. The molecule has 0 aromatic heterocycles. The zero-order valence-electron chi connectivity index (χ0n) is 15.9. The highest BCUT2D eigenvalue weighted by molar-refractivity contribution is 9.10. The molecule has 148 valence electrons. The molecule has 3 aromatic rings. The second kappa shape index (κ2) is 9.89. The van der Waals surface area contributed by atoms with Gasteiger partial charge in [-0.05, 0) is 42.8 Å². The number of carbonyl (C=O) groups is 2. The predicted octanol–water partition coefficient (Wildman–Crippen LogP) is 4.45. The molecule has 0 aliphatic rings. The Morgan fingerprint density at radius 1 is 0.897 bits per heavy atom. The van der Waals surface area contributed by atoms with Crippen LogP contribution in [0.25, 0.3) is 0 Å². The summed E-state index contributed by atoms with van der Waals surface area (Å²) in [5.41, 5.74) is 7.88. The maximum atomic E-state index is 12.6. The lowest BCUT2D eigenvalue weighted by Crippen LogP contribution is -2.41. The fraction of sp³-hybridized carbons (Fsp3) is 0.130. The summed E-state index contributed by atoms with van der Waals surface area (Å²) < 4.78 is 6.57. The highest BCUT2D eigenvalue weighted by Gasteiger charge is 2.15. The van der Waals surface area contributed by atoms with Crippen LogP contribution in [0.2, 0.25) is 0 Å². The first-order valence-electron chi connectivity index (χ1n) is 9.16. The molecule has 0 aliphatic heterocycles. The average molecular weight is 453 g/mol. The molecule has 0 unspecified atom stereocenters. The van der Waals surface area contributed by atoms with E-state index in [1.165, 1.54) is 0 Å². The Hall–Kier alpha value is -3.12. The molecule has 2 amide bonds. The van der Waals surface area contributed by atoms with Crippen LogP contribution >= 0.6 is 15.9 Å². The molecular formula is C23H21BrN2O3. The van der Waals surface area contributed by atoms with Crippen molar-refractivity contribution in [1.29, 1.82) is 0 Å². The summed E-state index contributed by atoms with van der Waals surface area (Å²) in [7, 11) is 0. The zero-order valence-corrected chi connectivity index (χ0v) is 17.5. The number of ether oxygens (including phenoxy) is 1. The van der Waals surface area contributed by atoms with Crippen LogP contribution in [0.15, 0.2) is 77.3 Å². The predicted molar refractivity (Wildman–Crippen MR) is 116 cm³/mol. The van der Waals surface area contributed by atoms with E-state index < -0.39 is 5.91 Å². The van der Waals surface area contributed by atoms with Crippen LogP contribution in [0.1, 0.15) is 31.8 Å². The molecular weight excluding hydrogens is 432 g/mol. The second-order valence-electron chi connectivity index (χ2n) is 6.50. The standard InChI is InChI=1S/C23H21BrN2O3/c1-16-7-9-18(10-8-16)22(27)25-26-23(28)20-15-19(24)11-12-21(20)29-14-13-17-5-3-2-4-6-17/h2-12,15H,13-14H2,1H3,(H,25,27)(H,26,28). The van der Waals surface area contributed by atoms with Crippen LogP contribution in [-0.4, -0.2) is 18.4 Å². The third-order valence-corrected chi connectivity index (χ3v) is 4.77. The molecule has 0 saturated heterocycles. The first-order valence-corrected chi connectivity index (χ1v) is 9.96. The summed E-state index contributed by atoms with van der Waals surface area (Å²) in [5.74, 6) is -0.396. The van der Waals surface area contributed by atoms with Crippen molar-refractivity contribution in [2.45, 2.75) is 13.3 Å². The van der Waals surface area contributed by atoms with E-state index in [2.05, 4.69) is 26.8 Å². The fourth-order valence-electron chi connectivity index (χ4n) is 2.69. The number of hydrogen-bond donors (Lipinski definition) is 2. The average Bonchev–Trinajstić information content (AvgIpc) is 2.74. The summed E-state index contributed by atoms with van der Waals surface area (Å²) in [6.45, 7) is 2.37. The molecule has 3 rings (SSSR count). The van der Waals surface area contributed by atoms with Crippen LogP contribution in [0, 0.1) is 6.92 Å². The van der Waals surface area contributed by atoms with Crippen LogP contribution in [-0.2, 0) is 6.42 Å². The Labute approximate surface area is 178 Å². The number of benzene rings is 3. The number of rotatable bonds is 6. The molecule has 5 nitrogen and oxygen atoms in total. The monoisotopic (exact) mass is 452 g/mol. The number of hydrogen-bond acceptors (Lipinski definition) is 3. The highest BCUT2D eigenvalue weighted by Crippen LogP contribution is 2.23. The maximum Gasteiger partial charge on any atom is 0.273 e. The molecule has 0 bridgehead atoms. The molecule has 2 N–H and O–H groups in total. The number of carbonyl (C=O) groups excluding carboxylic acids is 2. The third-order valence-electron chi connectivity index (χ3n) is 4.28. The van der Waals surface area contributed by atoms with Crippen molar-refractivity contribution < 1.29 is 14.3 Å². The van der Waals surface area contributed by atoms with Gasteiger partial charge in [0.25, 0.3) is 11.8 Å². The largest absolute Gasteiger partial charge is 0.492 e. The minimum atomic E-state index is -0.457. The van der Waals surface area contributed by atoms with E-state index in [0.717, 1.165) is 22.0 Å². The van der Waals surface area contributed by atoms with Crippen molar-refractivity contribution >= 4 is 27.7 Å². The van der Waals surface area contributed by atoms with Crippen LogP contribution in [0.4, 0.5) is 0 Å². The lowest BCUT2D eigenvalue weighted by molar-refractivity contribution is 0.0844. The Bertz CT molecular complexity index is 989. The minimum absolute atomic E-state index is 0.330. The van der Waals surface area contributed by atoms with E-state index in [4.69, 9.17) is 4.74 Å². The van der Waals surface area contributed by atoms with Gasteiger partial charge in [-0.25, -0.2) is 0 Å². The van der Waals surface area contributed by atoms with Gasteiger partial charge in [0.15, 0.2) is 0 Å². The van der Waals surface area contributed by atoms with Crippen LogP contribution < -0.4 is 15.6 Å². The molecule has 0 saturated carbocycles. The fourth-order valence-corrected chi connectivity index (χ4v) is 3.05. The smallest absolute Gasteiger partial charge is 0.273 e. The first-order chi connectivity index (χ1) is 14.0. The van der Waals surface area contributed by atoms with Crippen molar-refractivity contribution in [3.05, 3.63) is 99.5 Å². The Kier molecular flexibility index (Phi) is 7.03. The normalized spacial score (nSPS) is 10.3. The van der Waals surface area contributed by atoms with Gasteiger partial charge in [0.2, 0.25) is 0 Å². The summed E-state index contributed by atoms with van der Waals surface area (Å²) in [5, 5.41) is 0. The van der Waals surface area contributed by atoms with E-state index in [0.29, 0.717) is 23.5 Å². The molecule has 0 heterocycles. The van der Waals surface area contributed by atoms with Crippen LogP contribution in [0.5, 0.6) is 5.75 Å². The number of aryl methyl sites for hydroxylation is 1. The van der Waals surface area contributed by atoms with E-state index >= 15 is 0 Å². The van der Waals surface area contributed by atoms with Gasteiger partial charge in [-0.2, -0.15) is 0 Å². The molecule has 6 heteroatoms. The number of hydrazine groups is 1. The van der Waals surface area contributed by atoms with E-state index in [9.17, 15) is 9.59 Å². The lowest BCUT2D eigenvalue weighted by Gasteiger charge is -2.13. The van der Waals surface area contributed by atoms with Gasteiger partial charge in [-0.15, -0.1) is 0 Å². The first kappa shape index (κ1) is 20.6. The van der Waals surface area contributed by atoms with Crippen molar-refractivity contribution in [2.75, 3.05) is 6.61 Å². The molecule has 0 fully saturated rings. The zero-order chi connectivity index (χ0) is 20.6. The Morgan fingerprint density at radius 2 is 1.59 bits per heavy atom. The van der Waals surface area contributed by atoms with Gasteiger partial charge < -0.3 is 4.74 Å². The minimum Gasteiger partial charge on any atom is -0.492 e. The number of halogens is 1. The van der Waals surface area contributed by atoms with Crippen molar-refractivity contribution in [3.63, 3.8) is 0 Å². The van der Waals surface area contributed by atoms with Gasteiger partial charge >= 0.3 is 0 Å². The molecule has 0 spiro atoms. The van der Waals surface area contributed by atoms with Crippen molar-refractivity contribution in [2.24, 2.45) is 0 Å². The summed E-state index contributed by atoms with van der Waals surface area (Å²) in [6, 6.07) is 22.2. The molecule has 29 heavy (non-hydrogen) atoms. The maximum absolute atomic E-state index is 12.6. The van der Waals surface area contributed by atoms with E-state index in [-0.39, 0.29) is 5.91 Å². The van der Waals surface area contributed by atoms with Gasteiger partial charge in [-0.3, -0.25) is 20.4 Å². The van der Waals surface area contributed by atoms with Gasteiger partial charge in [0.05, 0.1) is 12.2 Å². The molecule has 0 atom stereocenters. The molecule has 0 radical (unpaired) electrons. The van der Waals surface area contributed by atoms with E-state index in [1.54, 1.807) is 30.3 Å². The summed E-state index contributed by atoms with van der Waals surface area (Å²) in [6.07, 6.45) is 0.724. The quantitative estimate of drug-likeness (QED) is 0.542. The summed E-state index contributed by atoms with van der Waals surface area (Å²) >= 11 is 3.37. The van der Waals surface area contributed by atoms with Crippen LogP contribution in [0.3, 0.4) is 0 Å². The molecule has 3 aromatic carbocycles. The number of amides is 2. The Morgan fingerprint density at radius 3 is 2.31 bits per heavy atom. The second-order valence-corrected chi connectivity index (χ2v) is 7.41. The van der Waals surface area contributed by atoms with Crippen molar-refractivity contribution in [3.8, 4) is 5.75 Å². The van der Waals surface area contributed by atoms with Gasteiger partial charge in [0.1, 0.15) is 5.75 Å². The van der Waals surface area contributed by atoms with E-state index in [1.807, 2.05) is 49.4 Å². The van der Waals surface area contributed by atoms with Gasteiger partial charge in [-0.1, -0.05) is 64.0 Å². The Balaban J connectivity index is 1.62. The number of nitrogens with one attached hydrogen (secondary N) is 2. The summed E-state index contributed by atoms with van der Waals surface area (Å²) in [4.78, 5) is 24.8. The van der Waals surface area contributed by atoms with Gasteiger partial charge in [0, 0.05) is 16.5 Å².